The summed E-state index contributed by atoms with van der Waals surface area (Å²) in [6.07, 6.45) is 3.24. The van der Waals surface area contributed by atoms with Crippen LogP contribution in [0.4, 0.5) is 0 Å². The van der Waals surface area contributed by atoms with Crippen LogP contribution in [0, 0.1) is 11.3 Å². The van der Waals surface area contributed by atoms with Crippen LogP contribution in [0.5, 0.6) is 0 Å². The van der Waals surface area contributed by atoms with E-state index in [-0.39, 0.29) is 24.4 Å². The minimum absolute atomic E-state index is 0.0842. The van der Waals surface area contributed by atoms with E-state index in [2.05, 4.69) is 37.2 Å². The smallest absolute Gasteiger partial charge is 0.234 e. The molecule has 1 aromatic rings. The van der Waals surface area contributed by atoms with Crippen LogP contribution in [0.25, 0.3) is 0 Å². The highest BCUT2D eigenvalue weighted by Crippen LogP contribution is 2.23. The third-order valence-corrected chi connectivity index (χ3v) is 5.58. The fourth-order valence-electron chi connectivity index (χ4n) is 4.10. The molecule has 3 aliphatic heterocycles. The van der Waals surface area contributed by atoms with Gasteiger partial charge < -0.3 is 15.4 Å². The number of rotatable bonds is 4. The normalized spacial score (nSPS) is 31.8. The van der Waals surface area contributed by atoms with Crippen molar-refractivity contribution < 1.29 is 9.53 Å². The molecule has 0 spiro atoms. The Morgan fingerprint density at radius 1 is 1.36 bits per heavy atom. The molecule has 3 aliphatic rings. The number of nitrogens with zero attached hydrogens (tertiary/aromatic N) is 3. The number of hydrogen-bond acceptors (Lipinski definition) is 8. The first-order chi connectivity index (χ1) is 13.7. The fraction of sp³-hybridized carbons (Fsp3) is 0.632. The summed E-state index contributed by atoms with van der Waals surface area (Å²) in [4.78, 5) is 19.7. The van der Waals surface area contributed by atoms with E-state index >= 15 is 0 Å². The monoisotopic (exact) mass is 385 g/mol. The van der Waals surface area contributed by atoms with E-state index in [0.29, 0.717) is 24.5 Å². The molecule has 1 amide bonds. The zero-order valence-corrected chi connectivity index (χ0v) is 15.9. The molecule has 3 unspecified atom stereocenters. The predicted molar refractivity (Wildman–Crippen MR) is 102 cm³/mol. The van der Waals surface area contributed by atoms with Crippen molar-refractivity contribution in [2.75, 3.05) is 39.4 Å². The van der Waals surface area contributed by atoms with Gasteiger partial charge in [0.25, 0.3) is 0 Å². The van der Waals surface area contributed by atoms with Crippen LogP contribution in [0.2, 0.25) is 0 Å². The molecule has 0 bridgehead atoms. The van der Waals surface area contributed by atoms with Gasteiger partial charge in [0, 0.05) is 31.9 Å². The number of hydrogen-bond donors (Lipinski definition) is 4. The zero-order chi connectivity index (χ0) is 19.3. The first-order valence-corrected chi connectivity index (χ1v) is 9.95. The summed E-state index contributed by atoms with van der Waals surface area (Å²) in [5, 5.41) is 22.9. The number of carbonyl (C=O) groups excluding carboxylic acids is 1. The number of amides is 1. The van der Waals surface area contributed by atoms with Gasteiger partial charge in [0.15, 0.2) is 0 Å². The molecule has 4 rings (SSSR count). The first-order valence-electron chi connectivity index (χ1n) is 9.95. The number of carbonyl (C=O) groups is 1. The van der Waals surface area contributed by atoms with Crippen molar-refractivity contribution in [3.63, 3.8) is 0 Å². The van der Waals surface area contributed by atoms with Crippen molar-refractivity contribution in [3.8, 4) is 6.07 Å². The number of morpholine rings is 1. The van der Waals surface area contributed by atoms with Crippen molar-refractivity contribution >= 4 is 5.91 Å². The van der Waals surface area contributed by atoms with Gasteiger partial charge in [0.1, 0.15) is 12.2 Å². The lowest BCUT2D eigenvalue weighted by Crippen LogP contribution is -2.71. The standard InChI is InChI=1S/C19H27N7O2/c20-11-13-3-5-22-15(10-13)16-17(23-14-2-1-4-21-12-14)24-19(25-18(16)27)26-6-8-28-9-7-26/h3,5,10,14,16-17,19,21,23-24H,1-2,4,6-9,12H2,(H,25,27)/t14-,16?,17?,19?/m1/s1. The quantitative estimate of drug-likeness (QED) is 0.524. The second-order valence-electron chi connectivity index (χ2n) is 7.47. The second kappa shape index (κ2) is 8.94. The molecule has 1 aromatic heterocycles. The summed E-state index contributed by atoms with van der Waals surface area (Å²) in [5.74, 6) is -0.591. The highest BCUT2D eigenvalue weighted by molar-refractivity contribution is 5.85. The van der Waals surface area contributed by atoms with Crippen molar-refractivity contribution in [1.82, 2.24) is 31.2 Å². The molecular weight excluding hydrogens is 358 g/mol. The summed E-state index contributed by atoms with van der Waals surface area (Å²) in [6, 6.07) is 5.77. The predicted octanol–water partition coefficient (Wildman–Crippen LogP) is -0.960. The third kappa shape index (κ3) is 4.32. The van der Waals surface area contributed by atoms with Crippen LogP contribution in [0.15, 0.2) is 18.3 Å². The van der Waals surface area contributed by atoms with Gasteiger partial charge in [-0.3, -0.25) is 25.3 Å². The molecule has 4 heterocycles. The topological polar surface area (TPSA) is 114 Å². The van der Waals surface area contributed by atoms with E-state index in [1.807, 2.05) is 0 Å². The largest absolute Gasteiger partial charge is 0.379 e. The van der Waals surface area contributed by atoms with E-state index in [9.17, 15) is 10.1 Å². The van der Waals surface area contributed by atoms with Gasteiger partial charge in [0.2, 0.25) is 5.91 Å². The number of piperidine rings is 1. The minimum atomic E-state index is -0.507. The van der Waals surface area contributed by atoms with Crippen LogP contribution >= 0.6 is 0 Å². The average Bonchev–Trinajstić information content (AvgIpc) is 2.75. The van der Waals surface area contributed by atoms with Crippen molar-refractivity contribution in [2.45, 2.75) is 37.3 Å². The number of aromatic nitrogens is 1. The Balaban J connectivity index is 1.57. The zero-order valence-electron chi connectivity index (χ0n) is 15.9. The molecular formula is C19H27N7O2. The highest BCUT2D eigenvalue weighted by atomic mass is 16.5. The maximum atomic E-state index is 13.1. The molecule has 3 fully saturated rings. The SMILES string of the molecule is N#Cc1ccnc(C2C(=O)NC(N3CCOCC3)NC2N[C@@H]2CCCNC2)c1. The molecule has 0 aromatic carbocycles. The summed E-state index contributed by atoms with van der Waals surface area (Å²) in [5.41, 5.74) is 1.11. The number of nitrogens with one attached hydrogen (secondary N) is 4. The van der Waals surface area contributed by atoms with Crippen LogP contribution in [-0.2, 0) is 9.53 Å². The van der Waals surface area contributed by atoms with Crippen molar-refractivity contribution in [2.24, 2.45) is 0 Å². The number of ether oxygens (including phenoxy) is 1. The molecule has 3 saturated heterocycles. The van der Waals surface area contributed by atoms with Gasteiger partial charge in [-0.1, -0.05) is 0 Å². The Morgan fingerprint density at radius 2 is 2.21 bits per heavy atom. The Labute approximate surface area is 164 Å². The van der Waals surface area contributed by atoms with E-state index < -0.39 is 5.92 Å². The van der Waals surface area contributed by atoms with E-state index in [4.69, 9.17) is 4.74 Å². The number of pyridine rings is 1. The molecule has 9 nitrogen and oxygen atoms in total. The maximum absolute atomic E-state index is 13.1. The lowest BCUT2D eigenvalue weighted by atomic mass is 9.95. The van der Waals surface area contributed by atoms with Crippen molar-refractivity contribution in [3.05, 3.63) is 29.6 Å². The molecule has 4 atom stereocenters. The Kier molecular flexibility index (Phi) is 6.14. The van der Waals surface area contributed by atoms with Crippen LogP contribution in [-0.4, -0.2) is 73.7 Å². The Bertz CT molecular complexity index is 725. The van der Waals surface area contributed by atoms with E-state index in [1.54, 1.807) is 18.3 Å². The Morgan fingerprint density at radius 3 is 2.96 bits per heavy atom. The van der Waals surface area contributed by atoms with Crippen LogP contribution in [0.1, 0.15) is 30.0 Å². The van der Waals surface area contributed by atoms with Gasteiger partial charge in [-0.25, -0.2) is 0 Å². The van der Waals surface area contributed by atoms with Gasteiger partial charge in [0.05, 0.1) is 36.7 Å². The van der Waals surface area contributed by atoms with E-state index in [1.165, 1.54) is 0 Å². The molecule has 0 radical (unpaired) electrons. The van der Waals surface area contributed by atoms with Gasteiger partial charge >= 0.3 is 0 Å². The minimum Gasteiger partial charge on any atom is -0.379 e. The molecule has 4 N–H and O–H groups in total. The number of nitriles is 1. The summed E-state index contributed by atoms with van der Waals surface area (Å²) < 4.78 is 5.44. The summed E-state index contributed by atoms with van der Waals surface area (Å²) in [6.45, 7) is 4.76. The molecule has 28 heavy (non-hydrogen) atoms. The van der Waals surface area contributed by atoms with Crippen molar-refractivity contribution in [1.29, 1.82) is 5.26 Å². The first kappa shape index (κ1) is 19.2. The van der Waals surface area contributed by atoms with Crippen LogP contribution in [0.3, 0.4) is 0 Å². The van der Waals surface area contributed by atoms with Crippen LogP contribution < -0.4 is 21.3 Å². The fourth-order valence-corrected chi connectivity index (χ4v) is 4.10. The van der Waals surface area contributed by atoms with Gasteiger partial charge in [-0.2, -0.15) is 5.26 Å². The molecule has 0 saturated carbocycles. The lowest BCUT2D eigenvalue weighted by Gasteiger charge is -2.44. The van der Waals surface area contributed by atoms with E-state index in [0.717, 1.165) is 39.0 Å². The summed E-state index contributed by atoms with van der Waals surface area (Å²) in [7, 11) is 0. The molecule has 0 aliphatic carbocycles. The maximum Gasteiger partial charge on any atom is 0.234 e. The van der Waals surface area contributed by atoms with Gasteiger partial charge in [-0.05, 0) is 31.5 Å². The lowest BCUT2D eigenvalue weighted by molar-refractivity contribution is -0.131. The average molecular weight is 385 g/mol. The second-order valence-corrected chi connectivity index (χ2v) is 7.47. The Hall–Kier alpha value is -2.09. The highest BCUT2D eigenvalue weighted by Gasteiger charge is 2.41. The molecule has 9 heteroatoms. The summed E-state index contributed by atoms with van der Waals surface area (Å²) >= 11 is 0. The molecule has 150 valence electrons. The third-order valence-electron chi connectivity index (χ3n) is 5.58. The van der Waals surface area contributed by atoms with Gasteiger partial charge in [-0.15, -0.1) is 0 Å².